The summed E-state index contributed by atoms with van der Waals surface area (Å²) in [6.45, 7) is 3.84. The Bertz CT molecular complexity index is 558. The zero-order chi connectivity index (χ0) is 13.7. The molecule has 100 valence electrons. The third-order valence-corrected chi connectivity index (χ3v) is 3.13. The number of rotatable bonds is 5. The molecule has 1 N–H and O–H groups in total. The Hall–Kier alpha value is -1.22. The normalized spacial score (nSPS) is 10.5. The summed E-state index contributed by atoms with van der Waals surface area (Å²) in [5, 5.41) is 4.38. The molecule has 0 unspecified atom stereocenters. The van der Waals surface area contributed by atoms with Gasteiger partial charge in [-0.2, -0.15) is 0 Å². The highest BCUT2D eigenvalue weighted by molar-refractivity contribution is 6.35. The van der Waals surface area contributed by atoms with Gasteiger partial charge in [-0.05, 0) is 42.4 Å². The van der Waals surface area contributed by atoms with E-state index in [0.717, 1.165) is 18.8 Å². The molecule has 2 aromatic rings. The van der Waals surface area contributed by atoms with Crippen molar-refractivity contribution in [1.29, 1.82) is 0 Å². The van der Waals surface area contributed by atoms with Crippen molar-refractivity contribution in [3.8, 4) is 11.5 Å². The van der Waals surface area contributed by atoms with Crippen LogP contribution >= 0.6 is 23.2 Å². The van der Waals surface area contributed by atoms with E-state index in [2.05, 4.69) is 18.3 Å². The van der Waals surface area contributed by atoms with Crippen molar-refractivity contribution in [3.63, 3.8) is 0 Å². The molecule has 0 saturated heterocycles. The van der Waals surface area contributed by atoms with Crippen LogP contribution in [0.25, 0.3) is 0 Å². The average Bonchev–Trinajstić information content (AvgIpc) is 2.40. The maximum atomic E-state index is 6.08. The molecule has 0 fully saturated rings. The van der Waals surface area contributed by atoms with Gasteiger partial charge in [0.2, 0.25) is 0 Å². The second-order valence-corrected chi connectivity index (χ2v) is 4.95. The lowest BCUT2D eigenvalue weighted by Crippen LogP contribution is -2.11. The first-order valence-electron chi connectivity index (χ1n) is 6.11. The molecule has 0 amide bonds. The predicted octanol–water partition coefficient (Wildman–Crippen LogP) is 4.90. The number of ether oxygens (including phenoxy) is 1. The van der Waals surface area contributed by atoms with Crippen molar-refractivity contribution < 1.29 is 4.74 Å². The lowest BCUT2D eigenvalue weighted by Gasteiger charge is -2.09. The molecule has 0 radical (unpaired) electrons. The van der Waals surface area contributed by atoms with E-state index in [0.29, 0.717) is 15.8 Å². The van der Waals surface area contributed by atoms with Gasteiger partial charge in [0, 0.05) is 11.6 Å². The summed E-state index contributed by atoms with van der Waals surface area (Å²) in [7, 11) is 0. The van der Waals surface area contributed by atoms with Crippen LogP contribution in [0.4, 0.5) is 0 Å². The van der Waals surface area contributed by atoms with Gasteiger partial charge >= 0.3 is 0 Å². The van der Waals surface area contributed by atoms with E-state index >= 15 is 0 Å². The molecular formula is C15H15Cl2NO. The van der Waals surface area contributed by atoms with E-state index in [1.165, 1.54) is 5.56 Å². The van der Waals surface area contributed by atoms with E-state index in [4.69, 9.17) is 27.9 Å². The zero-order valence-corrected chi connectivity index (χ0v) is 12.1. The molecule has 2 rings (SSSR count). The first-order valence-corrected chi connectivity index (χ1v) is 6.87. The standard InChI is InChI=1S/C15H15Cl2NO/c1-2-18-10-11-4-3-5-13(8-11)19-15-7-6-12(16)9-14(15)17/h3-9,18H,2,10H2,1H3. The molecule has 19 heavy (non-hydrogen) atoms. The Labute approximate surface area is 123 Å². The number of nitrogens with one attached hydrogen (secondary N) is 1. The summed E-state index contributed by atoms with van der Waals surface area (Å²) in [4.78, 5) is 0. The number of halogens is 2. The molecule has 0 heterocycles. The third kappa shape index (κ3) is 4.13. The smallest absolute Gasteiger partial charge is 0.146 e. The lowest BCUT2D eigenvalue weighted by atomic mass is 10.2. The van der Waals surface area contributed by atoms with E-state index in [1.807, 2.05) is 18.2 Å². The number of hydrogen-bond acceptors (Lipinski definition) is 2. The molecule has 0 atom stereocenters. The van der Waals surface area contributed by atoms with Crippen LogP contribution in [0, 0.1) is 0 Å². The summed E-state index contributed by atoms with van der Waals surface area (Å²) in [5.74, 6) is 1.37. The average molecular weight is 296 g/mol. The van der Waals surface area contributed by atoms with Crippen LogP contribution in [0.3, 0.4) is 0 Å². The van der Waals surface area contributed by atoms with Crippen LogP contribution in [-0.2, 0) is 6.54 Å². The highest BCUT2D eigenvalue weighted by atomic mass is 35.5. The van der Waals surface area contributed by atoms with E-state index in [9.17, 15) is 0 Å². The Kier molecular flexibility index (Phi) is 5.08. The maximum Gasteiger partial charge on any atom is 0.146 e. The van der Waals surface area contributed by atoms with Crippen LogP contribution < -0.4 is 10.1 Å². The Morgan fingerprint density at radius 1 is 1.11 bits per heavy atom. The molecule has 0 aromatic heterocycles. The summed E-state index contributed by atoms with van der Waals surface area (Å²) in [5.41, 5.74) is 1.17. The van der Waals surface area contributed by atoms with Crippen molar-refractivity contribution in [1.82, 2.24) is 5.32 Å². The fourth-order valence-electron chi connectivity index (χ4n) is 1.67. The van der Waals surface area contributed by atoms with Crippen molar-refractivity contribution >= 4 is 23.2 Å². The lowest BCUT2D eigenvalue weighted by molar-refractivity contribution is 0.482. The van der Waals surface area contributed by atoms with Gasteiger partial charge in [0.15, 0.2) is 0 Å². The number of benzene rings is 2. The Morgan fingerprint density at radius 3 is 2.68 bits per heavy atom. The van der Waals surface area contributed by atoms with Crippen LogP contribution in [0.2, 0.25) is 10.0 Å². The van der Waals surface area contributed by atoms with Crippen LogP contribution in [0.1, 0.15) is 12.5 Å². The molecule has 0 aliphatic heterocycles. The topological polar surface area (TPSA) is 21.3 Å². The first kappa shape index (κ1) is 14.2. The first-order chi connectivity index (χ1) is 9.19. The van der Waals surface area contributed by atoms with E-state index < -0.39 is 0 Å². The molecule has 2 aromatic carbocycles. The van der Waals surface area contributed by atoms with E-state index in [1.54, 1.807) is 18.2 Å². The highest BCUT2D eigenvalue weighted by Gasteiger charge is 2.04. The monoisotopic (exact) mass is 295 g/mol. The van der Waals surface area contributed by atoms with Gasteiger partial charge in [-0.1, -0.05) is 42.3 Å². The molecular weight excluding hydrogens is 281 g/mol. The fraction of sp³-hybridized carbons (Fsp3) is 0.200. The van der Waals surface area contributed by atoms with Gasteiger partial charge < -0.3 is 10.1 Å². The highest BCUT2D eigenvalue weighted by Crippen LogP contribution is 2.31. The van der Waals surface area contributed by atoms with Crippen LogP contribution in [-0.4, -0.2) is 6.54 Å². The van der Waals surface area contributed by atoms with Gasteiger partial charge in [-0.15, -0.1) is 0 Å². The largest absolute Gasteiger partial charge is 0.456 e. The molecule has 4 heteroatoms. The maximum absolute atomic E-state index is 6.08. The molecule has 0 aliphatic carbocycles. The molecule has 0 spiro atoms. The van der Waals surface area contributed by atoms with Crippen molar-refractivity contribution in [2.45, 2.75) is 13.5 Å². The van der Waals surface area contributed by atoms with Crippen LogP contribution in [0.15, 0.2) is 42.5 Å². The zero-order valence-electron chi connectivity index (χ0n) is 10.6. The molecule has 0 saturated carbocycles. The van der Waals surface area contributed by atoms with E-state index in [-0.39, 0.29) is 0 Å². The quantitative estimate of drug-likeness (QED) is 0.847. The van der Waals surface area contributed by atoms with Crippen molar-refractivity contribution in [2.24, 2.45) is 0 Å². The fourth-order valence-corrected chi connectivity index (χ4v) is 2.12. The summed E-state index contributed by atoms with van der Waals surface area (Å²) in [6, 6.07) is 13.1. The SMILES string of the molecule is CCNCc1cccc(Oc2ccc(Cl)cc2Cl)c1. The van der Waals surface area contributed by atoms with Gasteiger partial charge in [-0.25, -0.2) is 0 Å². The second kappa shape index (κ2) is 6.80. The number of hydrogen-bond donors (Lipinski definition) is 1. The molecule has 0 bridgehead atoms. The summed E-state index contributed by atoms with van der Waals surface area (Å²) < 4.78 is 5.77. The van der Waals surface area contributed by atoms with Crippen LogP contribution in [0.5, 0.6) is 11.5 Å². The molecule has 0 aliphatic rings. The Balaban J connectivity index is 2.14. The minimum atomic E-state index is 0.504. The van der Waals surface area contributed by atoms with Gasteiger partial charge in [0.1, 0.15) is 11.5 Å². The third-order valence-electron chi connectivity index (χ3n) is 2.60. The van der Waals surface area contributed by atoms with Crippen molar-refractivity contribution in [2.75, 3.05) is 6.54 Å². The minimum Gasteiger partial charge on any atom is -0.456 e. The van der Waals surface area contributed by atoms with Gasteiger partial charge in [0.25, 0.3) is 0 Å². The summed E-state index contributed by atoms with van der Waals surface area (Å²) in [6.07, 6.45) is 0. The Morgan fingerprint density at radius 2 is 1.95 bits per heavy atom. The minimum absolute atomic E-state index is 0.504. The summed E-state index contributed by atoms with van der Waals surface area (Å²) >= 11 is 11.9. The second-order valence-electron chi connectivity index (χ2n) is 4.10. The molecule has 2 nitrogen and oxygen atoms in total. The van der Waals surface area contributed by atoms with Gasteiger partial charge in [0.05, 0.1) is 5.02 Å². The van der Waals surface area contributed by atoms with Crippen molar-refractivity contribution in [3.05, 3.63) is 58.1 Å². The predicted molar refractivity (Wildman–Crippen MR) is 80.4 cm³/mol. The van der Waals surface area contributed by atoms with Gasteiger partial charge in [-0.3, -0.25) is 0 Å².